The van der Waals surface area contributed by atoms with Crippen molar-refractivity contribution in [3.05, 3.63) is 0 Å². The van der Waals surface area contributed by atoms with Crippen LogP contribution < -0.4 is 5.73 Å². The van der Waals surface area contributed by atoms with Gasteiger partial charge in [0.25, 0.3) is 0 Å². The lowest BCUT2D eigenvalue weighted by molar-refractivity contribution is -0.125. The van der Waals surface area contributed by atoms with Gasteiger partial charge in [0, 0.05) is 6.54 Å². The van der Waals surface area contributed by atoms with E-state index in [-0.39, 0.29) is 6.10 Å². The number of hydrogen-bond acceptors (Lipinski definition) is 2. The van der Waals surface area contributed by atoms with E-state index in [1.807, 2.05) is 0 Å². The van der Waals surface area contributed by atoms with Crippen LogP contribution in [0.15, 0.2) is 0 Å². The highest BCUT2D eigenvalue weighted by Crippen LogP contribution is 2.68. The van der Waals surface area contributed by atoms with E-state index in [1.54, 1.807) is 0 Å². The van der Waals surface area contributed by atoms with Crippen LogP contribution in [0.3, 0.4) is 0 Å². The second-order valence-electron chi connectivity index (χ2n) is 10.7. The van der Waals surface area contributed by atoms with Gasteiger partial charge in [-0.05, 0) is 104 Å². The molecule has 0 amide bonds. The second kappa shape index (κ2) is 6.51. The third kappa shape index (κ3) is 2.64. The maximum atomic E-state index is 10.5. The summed E-state index contributed by atoms with van der Waals surface area (Å²) in [5.74, 6) is 5.16. The molecule has 4 fully saturated rings. The molecule has 0 bridgehead atoms. The van der Waals surface area contributed by atoms with E-state index in [0.717, 1.165) is 29.6 Å². The first-order valence-electron chi connectivity index (χ1n) is 11.3. The third-order valence-corrected chi connectivity index (χ3v) is 10.1. The van der Waals surface area contributed by atoms with Crippen molar-refractivity contribution >= 4 is 0 Å². The monoisotopic (exact) mass is 347 g/mol. The van der Waals surface area contributed by atoms with Gasteiger partial charge in [-0.3, -0.25) is 0 Å². The highest BCUT2D eigenvalue weighted by atomic mass is 16.3. The van der Waals surface area contributed by atoms with E-state index in [0.29, 0.717) is 23.3 Å². The van der Waals surface area contributed by atoms with E-state index in [2.05, 4.69) is 20.8 Å². The standard InChI is InChI=1S/C23H41NO/c1-4-15-9-11-22(2)16(13-15)5-6-17-18-7-8-20(21(25)14-24)23(18,3)12-10-19(17)22/h15-21,25H,4-14,24H2,1-3H3/t15-,16+,17+,18+,19+,20-,21?,22+,23+/m1/s1. The zero-order valence-corrected chi connectivity index (χ0v) is 16.8. The molecule has 0 saturated heterocycles. The molecule has 0 radical (unpaired) electrons. The highest BCUT2D eigenvalue weighted by molar-refractivity contribution is 5.10. The molecule has 0 aliphatic heterocycles. The van der Waals surface area contributed by atoms with E-state index in [9.17, 15) is 5.11 Å². The predicted octanol–water partition coefficient (Wildman–Crippen LogP) is 4.99. The smallest absolute Gasteiger partial charge is 0.0695 e. The Bertz CT molecular complexity index is 492. The molecule has 3 N–H and O–H groups in total. The Morgan fingerprint density at radius 2 is 1.68 bits per heavy atom. The van der Waals surface area contributed by atoms with Crippen LogP contribution in [0.25, 0.3) is 0 Å². The quantitative estimate of drug-likeness (QED) is 0.755. The minimum absolute atomic E-state index is 0.279. The molecule has 0 aromatic carbocycles. The molecule has 2 nitrogen and oxygen atoms in total. The molecule has 4 saturated carbocycles. The molecule has 9 atom stereocenters. The largest absolute Gasteiger partial charge is 0.392 e. The van der Waals surface area contributed by atoms with Gasteiger partial charge in [0.2, 0.25) is 0 Å². The summed E-state index contributed by atoms with van der Waals surface area (Å²) in [4.78, 5) is 0. The van der Waals surface area contributed by atoms with Crippen molar-refractivity contribution in [3.63, 3.8) is 0 Å². The van der Waals surface area contributed by atoms with E-state index in [1.165, 1.54) is 64.2 Å². The van der Waals surface area contributed by atoms with Crippen molar-refractivity contribution in [2.45, 2.75) is 91.1 Å². The van der Waals surface area contributed by atoms with Crippen LogP contribution in [-0.4, -0.2) is 17.8 Å². The van der Waals surface area contributed by atoms with Gasteiger partial charge < -0.3 is 10.8 Å². The average molecular weight is 348 g/mol. The minimum Gasteiger partial charge on any atom is -0.392 e. The van der Waals surface area contributed by atoms with E-state index in [4.69, 9.17) is 5.73 Å². The Morgan fingerprint density at radius 3 is 2.40 bits per heavy atom. The van der Waals surface area contributed by atoms with Gasteiger partial charge in [-0.25, -0.2) is 0 Å². The SMILES string of the molecule is CC[C@@H]1CC[C@@]2(C)[C@@H](CC[C@@H]3[C@@H]2CC[C@]2(C)[C@@H](C(O)CN)CC[C@@H]32)C1. The Labute approximate surface area is 155 Å². The van der Waals surface area contributed by atoms with Crippen LogP contribution >= 0.6 is 0 Å². The Morgan fingerprint density at radius 1 is 0.960 bits per heavy atom. The molecule has 0 heterocycles. The van der Waals surface area contributed by atoms with Crippen molar-refractivity contribution in [3.8, 4) is 0 Å². The van der Waals surface area contributed by atoms with Crippen molar-refractivity contribution in [1.82, 2.24) is 0 Å². The maximum absolute atomic E-state index is 10.5. The van der Waals surface area contributed by atoms with Crippen molar-refractivity contribution in [2.75, 3.05) is 6.54 Å². The Kier molecular flexibility index (Phi) is 4.77. The molecule has 4 aliphatic rings. The van der Waals surface area contributed by atoms with Gasteiger partial charge in [-0.15, -0.1) is 0 Å². The van der Waals surface area contributed by atoms with E-state index >= 15 is 0 Å². The number of aliphatic hydroxyl groups is 1. The van der Waals surface area contributed by atoms with Gasteiger partial charge in [-0.2, -0.15) is 0 Å². The van der Waals surface area contributed by atoms with Gasteiger partial charge >= 0.3 is 0 Å². The first-order chi connectivity index (χ1) is 11.9. The van der Waals surface area contributed by atoms with Crippen molar-refractivity contribution in [2.24, 2.45) is 52.1 Å². The first kappa shape index (κ1) is 18.3. The number of aliphatic hydroxyl groups excluding tert-OH is 1. The van der Waals surface area contributed by atoms with Gasteiger partial charge in [-0.1, -0.05) is 27.2 Å². The molecule has 1 unspecified atom stereocenters. The Balaban J connectivity index is 1.56. The fourth-order valence-electron chi connectivity index (χ4n) is 8.55. The first-order valence-corrected chi connectivity index (χ1v) is 11.3. The van der Waals surface area contributed by atoms with Crippen molar-refractivity contribution in [1.29, 1.82) is 0 Å². The highest BCUT2D eigenvalue weighted by Gasteiger charge is 2.60. The lowest BCUT2D eigenvalue weighted by atomic mass is 9.44. The summed E-state index contributed by atoms with van der Waals surface area (Å²) in [6.07, 6.45) is 13.8. The van der Waals surface area contributed by atoms with Crippen molar-refractivity contribution < 1.29 is 5.11 Å². The third-order valence-electron chi connectivity index (χ3n) is 10.1. The summed E-state index contributed by atoms with van der Waals surface area (Å²) < 4.78 is 0. The van der Waals surface area contributed by atoms with Gasteiger partial charge in [0.15, 0.2) is 0 Å². The molecule has 0 aromatic rings. The van der Waals surface area contributed by atoms with Gasteiger partial charge in [0.1, 0.15) is 0 Å². The van der Waals surface area contributed by atoms with Crippen LogP contribution in [0, 0.1) is 46.3 Å². The summed E-state index contributed by atoms with van der Waals surface area (Å²) in [7, 11) is 0. The zero-order chi connectivity index (χ0) is 17.8. The lowest BCUT2D eigenvalue weighted by Crippen LogP contribution is -2.54. The zero-order valence-electron chi connectivity index (χ0n) is 16.8. The molecular weight excluding hydrogens is 306 g/mol. The van der Waals surface area contributed by atoms with Gasteiger partial charge in [0.05, 0.1) is 6.10 Å². The summed E-state index contributed by atoms with van der Waals surface area (Å²) in [6, 6.07) is 0. The molecule has 4 aliphatic carbocycles. The minimum atomic E-state index is -0.279. The van der Waals surface area contributed by atoms with Crippen LogP contribution in [0.4, 0.5) is 0 Å². The van der Waals surface area contributed by atoms with Crippen LogP contribution in [0.5, 0.6) is 0 Å². The number of hydrogen-bond donors (Lipinski definition) is 2. The summed E-state index contributed by atoms with van der Waals surface area (Å²) in [5, 5.41) is 10.5. The fraction of sp³-hybridized carbons (Fsp3) is 1.00. The number of fused-ring (bicyclic) bond motifs is 5. The number of nitrogens with two attached hydrogens (primary N) is 1. The average Bonchev–Trinajstić information content (AvgIpc) is 2.97. The molecule has 25 heavy (non-hydrogen) atoms. The van der Waals surface area contributed by atoms with Crippen LogP contribution in [0.1, 0.15) is 85.0 Å². The van der Waals surface area contributed by atoms with E-state index < -0.39 is 0 Å². The Hall–Kier alpha value is -0.0800. The molecule has 0 spiro atoms. The second-order valence-corrected chi connectivity index (χ2v) is 10.7. The topological polar surface area (TPSA) is 46.2 Å². The summed E-state index contributed by atoms with van der Waals surface area (Å²) >= 11 is 0. The molecule has 144 valence electrons. The molecule has 2 heteroatoms. The number of rotatable bonds is 3. The lowest BCUT2D eigenvalue weighted by Gasteiger charge is -2.61. The molecular formula is C23H41NO. The summed E-state index contributed by atoms with van der Waals surface area (Å²) in [6.45, 7) is 8.02. The fourth-order valence-corrected chi connectivity index (χ4v) is 8.55. The van der Waals surface area contributed by atoms with Crippen LogP contribution in [0.2, 0.25) is 0 Å². The maximum Gasteiger partial charge on any atom is 0.0695 e. The summed E-state index contributed by atoms with van der Waals surface area (Å²) in [5.41, 5.74) is 6.81. The molecule has 4 rings (SSSR count). The molecule has 0 aromatic heterocycles. The van der Waals surface area contributed by atoms with Crippen LogP contribution in [-0.2, 0) is 0 Å². The normalized spacial score (nSPS) is 53.6. The predicted molar refractivity (Wildman–Crippen MR) is 104 cm³/mol.